The van der Waals surface area contributed by atoms with Crippen molar-refractivity contribution in [2.75, 3.05) is 39.2 Å². The molecule has 10 heteroatoms. The number of hydrogen-bond donors (Lipinski definition) is 1. The van der Waals surface area contributed by atoms with Gasteiger partial charge in [0, 0.05) is 57.9 Å². The highest BCUT2D eigenvalue weighted by Crippen LogP contribution is 2.27. The Bertz CT molecular complexity index is 1050. The minimum Gasteiger partial charge on any atom is -0.491 e. The molecule has 0 unspecified atom stereocenters. The second kappa shape index (κ2) is 10.7. The third-order valence-corrected chi connectivity index (χ3v) is 5.97. The maximum absolute atomic E-state index is 13.2. The molecule has 0 spiro atoms. The minimum atomic E-state index is -0.443. The molecule has 0 saturated heterocycles. The first kappa shape index (κ1) is 25.2. The number of fused-ring (bicyclic) bond motifs is 1. The lowest BCUT2D eigenvalue weighted by atomic mass is 10.0. The van der Waals surface area contributed by atoms with Crippen LogP contribution in [0.25, 0.3) is 0 Å². The Labute approximate surface area is 199 Å². The Kier molecular flexibility index (Phi) is 7.93. The van der Waals surface area contributed by atoms with Crippen LogP contribution in [-0.4, -0.2) is 78.7 Å². The van der Waals surface area contributed by atoms with E-state index in [1.807, 2.05) is 13.8 Å². The summed E-state index contributed by atoms with van der Waals surface area (Å²) in [5.41, 5.74) is 0.932. The van der Waals surface area contributed by atoms with Gasteiger partial charge in [-0.1, -0.05) is 12.1 Å². The van der Waals surface area contributed by atoms with Gasteiger partial charge in [-0.15, -0.1) is 0 Å². The highest BCUT2D eigenvalue weighted by molar-refractivity contribution is 6.03. The lowest BCUT2D eigenvalue weighted by Gasteiger charge is -2.35. The molecular weight excluding hydrogens is 440 g/mol. The molecule has 0 radical (unpaired) electrons. The molecule has 1 aliphatic heterocycles. The molecule has 2 heterocycles. The van der Waals surface area contributed by atoms with Crippen molar-refractivity contribution in [2.45, 2.75) is 39.8 Å². The van der Waals surface area contributed by atoms with Gasteiger partial charge < -0.3 is 29.1 Å². The zero-order valence-corrected chi connectivity index (χ0v) is 20.5. The van der Waals surface area contributed by atoms with Gasteiger partial charge in [0.2, 0.25) is 5.91 Å². The van der Waals surface area contributed by atoms with Gasteiger partial charge in [-0.3, -0.25) is 14.4 Å². The predicted octanol–water partition coefficient (Wildman–Crippen LogP) is 2.59. The first-order valence-electron chi connectivity index (χ1n) is 11.2. The van der Waals surface area contributed by atoms with Crippen LogP contribution < -0.4 is 10.1 Å². The third-order valence-electron chi connectivity index (χ3n) is 5.97. The standard InChI is InChI=1S/C24H32N4O6/c1-14-11-28(17(4)29)15(2)13-33-21-10-18(25-23(30)20-9-16(3)34-26-20)7-8-19(21)24(31)27(5)12-22(14)32-6/h7-10,14-15,22H,11-13H2,1-6H3,(H,25,30)/t14-,15-,22-/m1/s1. The van der Waals surface area contributed by atoms with Crippen molar-refractivity contribution in [1.82, 2.24) is 15.0 Å². The van der Waals surface area contributed by atoms with Crippen LogP contribution in [0.2, 0.25) is 0 Å². The largest absolute Gasteiger partial charge is 0.491 e. The van der Waals surface area contributed by atoms with E-state index in [9.17, 15) is 14.4 Å². The predicted molar refractivity (Wildman–Crippen MR) is 125 cm³/mol. The molecule has 34 heavy (non-hydrogen) atoms. The molecule has 1 aliphatic rings. The Morgan fingerprint density at radius 1 is 1.21 bits per heavy atom. The highest BCUT2D eigenvalue weighted by atomic mass is 16.5. The van der Waals surface area contributed by atoms with Crippen molar-refractivity contribution in [3.05, 3.63) is 41.3 Å². The molecule has 0 aliphatic carbocycles. The fourth-order valence-corrected chi connectivity index (χ4v) is 3.96. The van der Waals surface area contributed by atoms with E-state index in [0.717, 1.165) is 0 Å². The zero-order valence-electron chi connectivity index (χ0n) is 20.5. The van der Waals surface area contributed by atoms with Gasteiger partial charge in [0.1, 0.15) is 18.1 Å². The van der Waals surface area contributed by atoms with E-state index in [0.29, 0.717) is 35.9 Å². The maximum Gasteiger partial charge on any atom is 0.277 e. The summed E-state index contributed by atoms with van der Waals surface area (Å²) < 4.78 is 16.7. The van der Waals surface area contributed by atoms with Crippen molar-refractivity contribution in [2.24, 2.45) is 5.92 Å². The van der Waals surface area contributed by atoms with Crippen molar-refractivity contribution in [3.63, 3.8) is 0 Å². The van der Waals surface area contributed by atoms with E-state index < -0.39 is 5.91 Å². The first-order chi connectivity index (χ1) is 16.1. The number of anilines is 1. The molecule has 3 amide bonds. The van der Waals surface area contributed by atoms with E-state index in [1.54, 1.807) is 49.1 Å². The normalized spacial score (nSPS) is 21.7. The average Bonchev–Trinajstić information content (AvgIpc) is 3.24. The molecule has 2 aromatic rings. The summed E-state index contributed by atoms with van der Waals surface area (Å²) in [5, 5.41) is 6.46. The number of carbonyl (C=O) groups is 3. The number of ether oxygens (including phenoxy) is 2. The molecule has 1 N–H and O–H groups in total. The van der Waals surface area contributed by atoms with Gasteiger partial charge >= 0.3 is 0 Å². The number of hydrogen-bond acceptors (Lipinski definition) is 7. The van der Waals surface area contributed by atoms with Crippen LogP contribution in [0.3, 0.4) is 0 Å². The summed E-state index contributed by atoms with van der Waals surface area (Å²) in [6, 6.07) is 6.13. The molecule has 3 rings (SSSR count). The third kappa shape index (κ3) is 5.74. The first-order valence-corrected chi connectivity index (χ1v) is 11.2. The molecule has 3 atom stereocenters. The summed E-state index contributed by atoms with van der Waals surface area (Å²) in [7, 11) is 3.31. The summed E-state index contributed by atoms with van der Waals surface area (Å²) in [6.07, 6.45) is -0.253. The Hall–Kier alpha value is -3.40. The Morgan fingerprint density at radius 2 is 1.94 bits per heavy atom. The van der Waals surface area contributed by atoms with E-state index >= 15 is 0 Å². The smallest absolute Gasteiger partial charge is 0.277 e. The number of nitrogens with zero attached hydrogens (tertiary/aromatic N) is 3. The fourth-order valence-electron chi connectivity index (χ4n) is 3.96. The van der Waals surface area contributed by atoms with Gasteiger partial charge in [-0.25, -0.2) is 0 Å². The van der Waals surface area contributed by atoms with Crippen molar-refractivity contribution < 1.29 is 28.4 Å². The zero-order chi connectivity index (χ0) is 25.0. The van der Waals surface area contributed by atoms with Crippen molar-refractivity contribution in [1.29, 1.82) is 0 Å². The molecule has 0 bridgehead atoms. The molecule has 0 fully saturated rings. The lowest BCUT2D eigenvalue weighted by molar-refractivity contribution is -0.133. The number of aryl methyl sites for hydroxylation is 1. The fraction of sp³-hybridized carbons (Fsp3) is 0.500. The number of amides is 3. The molecule has 184 valence electrons. The second-order valence-electron chi connectivity index (χ2n) is 8.76. The van der Waals surface area contributed by atoms with Crippen LogP contribution in [0.4, 0.5) is 5.69 Å². The van der Waals surface area contributed by atoms with Crippen LogP contribution >= 0.6 is 0 Å². The van der Waals surface area contributed by atoms with Gasteiger partial charge in [-0.05, 0) is 26.0 Å². The lowest BCUT2D eigenvalue weighted by Crippen LogP contribution is -2.48. The number of methoxy groups -OCH3 is 1. The van der Waals surface area contributed by atoms with Crippen LogP contribution in [0.5, 0.6) is 5.75 Å². The van der Waals surface area contributed by atoms with Crippen LogP contribution in [0.15, 0.2) is 28.8 Å². The molecular formula is C24H32N4O6. The van der Waals surface area contributed by atoms with Crippen LogP contribution in [0, 0.1) is 12.8 Å². The van der Waals surface area contributed by atoms with Gasteiger partial charge in [0.05, 0.1) is 17.7 Å². The van der Waals surface area contributed by atoms with E-state index in [1.165, 1.54) is 13.0 Å². The molecule has 1 aromatic carbocycles. The highest BCUT2D eigenvalue weighted by Gasteiger charge is 2.29. The molecule has 10 nitrogen and oxygen atoms in total. The quantitative estimate of drug-likeness (QED) is 0.730. The van der Waals surface area contributed by atoms with Crippen molar-refractivity contribution in [3.8, 4) is 5.75 Å². The second-order valence-corrected chi connectivity index (χ2v) is 8.76. The molecule has 1 aromatic heterocycles. The number of carbonyl (C=O) groups excluding carboxylic acids is 3. The summed E-state index contributed by atoms with van der Waals surface area (Å²) in [4.78, 5) is 41.4. The van der Waals surface area contributed by atoms with Crippen LogP contribution in [-0.2, 0) is 9.53 Å². The Balaban J connectivity index is 1.93. The van der Waals surface area contributed by atoms with E-state index in [2.05, 4.69) is 10.5 Å². The van der Waals surface area contributed by atoms with Gasteiger partial charge in [-0.2, -0.15) is 0 Å². The average molecular weight is 473 g/mol. The number of aromatic nitrogens is 1. The van der Waals surface area contributed by atoms with Gasteiger partial charge in [0.15, 0.2) is 5.69 Å². The summed E-state index contributed by atoms with van der Waals surface area (Å²) >= 11 is 0. The van der Waals surface area contributed by atoms with E-state index in [-0.39, 0.29) is 42.2 Å². The molecule has 0 saturated carbocycles. The Morgan fingerprint density at radius 3 is 2.56 bits per heavy atom. The monoisotopic (exact) mass is 472 g/mol. The number of rotatable bonds is 3. The summed E-state index contributed by atoms with van der Waals surface area (Å²) in [5.74, 6) is 0.0928. The number of likely N-dealkylation sites (N-methyl/N-ethyl adjacent to an activating group) is 1. The maximum atomic E-state index is 13.2. The van der Waals surface area contributed by atoms with Crippen LogP contribution in [0.1, 0.15) is 47.4 Å². The van der Waals surface area contributed by atoms with Gasteiger partial charge in [0.25, 0.3) is 11.8 Å². The number of nitrogens with one attached hydrogen (secondary N) is 1. The number of benzene rings is 1. The minimum absolute atomic E-state index is 0.00301. The summed E-state index contributed by atoms with van der Waals surface area (Å²) in [6.45, 7) is 8.12. The SMILES string of the molecule is CO[C@@H]1CN(C)C(=O)c2ccc(NC(=O)c3cc(C)on3)cc2OC[C@@H](C)N(C(C)=O)C[C@H]1C. The van der Waals surface area contributed by atoms with Crippen molar-refractivity contribution >= 4 is 23.4 Å². The topological polar surface area (TPSA) is 114 Å². The van der Waals surface area contributed by atoms with E-state index in [4.69, 9.17) is 14.0 Å².